The van der Waals surface area contributed by atoms with E-state index in [1.54, 1.807) is 0 Å². The molecule has 0 aromatic rings. The van der Waals surface area contributed by atoms with Crippen molar-refractivity contribution in [2.75, 3.05) is 47.5 Å². The van der Waals surface area contributed by atoms with Crippen molar-refractivity contribution in [1.82, 2.24) is 0 Å². The fourth-order valence-electron chi connectivity index (χ4n) is 7.53. The van der Waals surface area contributed by atoms with Gasteiger partial charge in [0.05, 0.1) is 40.3 Å². The molecule has 0 aromatic carbocycles. The highest BCUT2D eigenvalue weighted by Crippen LogP contribution is 2.15. The van der Waals surface area contributed by atoms with Crippen molar-refractivity contribution >= 4 is 17.9 Å². The molecule has 0 amide bonds. The molecule has 9 nitrogen and oxygen atoms in total. The van der Waals surface area contributed by atoms with Crippen molar-refractivity contribution in [3.63, 3.8) is 0 Å². The predicted molar refractivity (Wildman–Crippen MR) is 292 cm³/mol. The fraction of sp³-hybridized carbons (Fsp3) is 0.721. The zero-order valence-corrected chi connectivity index (χ0v) is 45.6. The van der Waals surface area contributed by atoms with E-state index in [0.29, 0.717) is 17.4 Å². The Bertz CT molecular complexity index is 1420. The Labute approximate surface area is 430 Å². The Morgan fingerprint density at radius 2 is 0.814 bits per heavy atom. The summed E-state index contributed by atoms with van der Waals surface area (Å²) in [4.78, 5) is 37.1. The summed E-state index contributed by atoms with van der Waals surface area (Å²) in [7, 11) is 5.91. The maximum absolute atomic E-state index is 12.8. The molecule has 0 spiro atoms. The zero-order valence-electron chi connectivity index (χ0n) is 45.6. The molecular weight excluding hydrogens is 875 g/mol. The second-order valence-electron chi connectivity index (χ2n) is 19.8. The molecule has 0 N–H and O–H groups in total. The molecule has 9 heteroatoms. The lowest BCUT2D eigenvalue weighted by Gasteiger charge is -2.26. The number of esters is 2. The zero-order chi connectivity index (χ0) is 51.3. The highest BCUT2D eigenvalue weighted by molar-refractivity contribution is 5.70. The summed E-state index contributed by atoms with van der Waals surface area (Å²) in [5, 5.41) is 11.7. The Kier molecular flexibility index (Phi) is 49.2. The summed E-state index contributed by atoms with van der Waals surface area (Å²) in [6.07, 6.45) is 65.0. The molecule has 0 aliphatic rings. The number of carboxylic acids is 1. The van der Waals surface area contributed by atoms with Crippen LogP contribution in [0, 0.1) is 0 Å². The molecule has 0 fully saturated rings. The number of aliphatic carboxylic acids is 1. The summed E-state index contributed by atoms with van der Waals surface area (Å²) in [6, 6.07) is 0. The maximum Gasteiger partial charge on any atom is 0.306 e. The number of allylic oxidation sites excluding steroid dienone is 14. The first-order valence-electron chi connectivity index (χ1n) is 28.2. The van der Waals surface area contributed by atoms with Gasteiger partial charge in [-0.05, 0) is 89.9 Å². The number of nitrogens with zero attached hydrogens (tertiary/aromatic N) is 1. The molecular formula is C61H105NO8. The van der Waals surface area contributed by atoms with Crippen molar-refractivity contribution in [3.8, 4) is 0 Å². The predicted octanol–water partition coefficient (Wildman–Crippen LogP) is 15.1. The summed E-state index contributed by atoms with van der Waals surface area (Å²) in [5.74, 6) is -2.30. The monoisotopic (exact) mass is 980 g/mol. The number of carbonyl (C=O) groups excluding carboxylic acids is 3. The lowest BCUT2D eigenvalue weighted by atomic mass is 10.0. The minimum atomic E-state index is -1.62. The first kappa shape index (κ1) is 66.5. The number of rotatable bonds is 51. The van der Waals surface area contributed by atoms with Gasteiger partial charge in [-0.25, -0.2) is 0 Å². The van der Waals surface area contributed by atoms with E-state index >= 15 is 0 Å². The summed E-state index contributed by atoms with van der Waals surface area (Å²) < 4.78 is 22.6. The maximum atomic E-state index is 12.8. The number of hydrogen-bond acceptors (Lipinski definition) is 8. The van der Waals surface area contributed by atoms with Crippen LogP contribution >= 0.6 is 0 Å². The summed E-state index contributed by atoms with van der Waals surface area (Å²) in [6.45, 7) is 4.59. The SMILES string of the molecule is CC/C=C\C/C=C\C/C=C\C/C=C\C/C=C\C/C=C\CCCCCCCCCCCCCCCCC(=O)OC(COC(=O)CCCCCCC/C=C\CCCCC)COC(OCC[N+](C)(C)C)C(=O)[O-]. The average molecular weight is 981 g/mol. The highest BCUT2D eigenvalue weighted by Gasteiger charge is 2.22. The van der Waals surface area contributed by atoms with Crippen molar-refractivity contribution in [2.45, 2.75) is 238 Å². The van der Waals surface area contributed by atoms with E-state index in [2.05, 4.69) is 98.9 Å². The van der Waals surface area contributed by atoms with Gasteiger partial charge in [0.25, 0.3) is 0 Å². The number of hydrogen-bond donors (Lipinski definition) is 0. The van der Waals surface area contributed by atoms with Crippen LogP contribution in [-0.2, 0) is 33.3 Å². The van der Waals surface area contributed by atoms with Gasteiger partial charge >= 0.3 is 11.9 Å². The minimum absolute atomic E-state index is 0.144. The van der Waals surface area contributed by atoms with Gasteiger partial charge < -0.3 is 33.3 Å². The van der Waals surface area contributed by atoms with Crippen LogP contribution in [0.5, 0.6) is 0 Å². The molecule has 0 aromatic heterocycles. The van der Waals surface area contributed by atoms with E-state index in [0.717, 1.165) is 96.3 Å². The number of ether oxygens (including phenoxy) is 4. The molecule has 70 heavy (non-hydrogen) atoms. The Balaban J connectivity index is 4.13. The minimum Gasteiger partial charge on any atom is -0.545 e. The second-order valence-corrected chi connectivity index (χ2v) is 19.8. The largest absolute Gasteiger partial charge is 0.545 e. The summed E-state index contributed by atoms with van der Waals surface area (Å²) in [5.41, 5.74) is 0. The molecule has 0 saturated carbocycles. The lowest BCUT2D eigenvalue weighted by Crippen LogP contribution is -2.44. The van der Waals surface area contributed by atoms with Crippen molar-refractivity contribution in [1.29, 1.82) is 0 Å². The van der Waals surface area contributed by atoms with Crippen molar-refractivity contribution < 1.29 is 42.9 Å². The van der Waals surface area contributed by atoms with E-state index in [1.165, 1.54) is 96.3 Å². The van der Waals surface area contributed by atoms with Crippen LogP contribution in [0.2, 0.25) is 0 Å². The third-order valence-electron chi connectivity index (χ3n) is 11.9. The van der Waals surface area contributed by atoms with E-state index < -0.39 is 24.3 Å². The van der Waals surface area contributed by atoms with Crippen LogP contribution in [0.4, 0.5) is 0 Å². The van der Waals surface area contributed by atoms with Crippen LogP contribution in [0.3, 0.4) is 0 Å². The normalized spacial score (nSPS) is 13.4. The first-order chi connectivity index (χ1) is 34.1. The van der Waals surface area contributed by atoms with Gasteiger partial charge in [-0.2, -0.15) is 0 Å². The number of unbranched alkanes of at least 4 members (excludes halogenated alkanes) is 22. The molecule has 0 rings (SSSR count). The van der Waals surface area contributed by atoms with Gasteiger partial charge in [-0.1, -0.05) is 208 Å². The third kappa shape index (κ3) is 52.3. The number of carboxylic acid groups (broad SMARTS) is 1. The van der Waals surface area contributed by atoms with Gasteiger partial charge in [0.15, 0.2) is 12.4 Å². The van der Waals surface area contributed by atoms with E-state index in [9.17, 15) is 19.5 Å². The van der Waals surface area contributed by atoms with E-state index in [1.807, 2.05) is 21.1 Å². The molecule has 2 atom stereocenters. The number of quaternary nitrogens is 1. The second kappa shape index (κ2) is 51.8. The molecule has 0 saturated heterocycles. The van der Waals surface area contributed by atoms with Gasteiger partial charge in [0, 0.05) is 12.8 Å². The van der Waals surface area contributed by atoms with Crippen LogP contribution < -0.4 is 5.11 Å². The number of carbonyl (C=O) groups is 3. The molecule has 0 heterocycles. The van der Waals surface area contributed by atoms with Gasteiger partial charge in [0.1, 0.15) is 13.2 Å². The average Bonchev–Trinajstić information content (AvgIpc) is 3.33. The van der Waals surface area contributed by atoms with Crippen LogP contribution in [0.15, 0.2) is 85.1 Å². The fourth-order valence-corrected chi connectivity index (χ4v) is 7.53. The molecule has 2 unspecified atom stereocenters. The molecule has 0 radical (unpaired) electrons. The van der Waals surface area contributed by atoms with Gasteiger partial charge in [-0.15, -0.1) is 0 Å². The third-order valence-corrected chi connectivity index (χ3v) is 11.9. The van der Waals surface area contributed by atoms with E-state index in [4.69, 9.17) is 18.9 Å². The lowest BCUT2D eigenvalue weighted by molar-refractivity contribution is -0.870. The topological polar surface area (TPSA) is 111 Å². The van der Waals surface area contributed by atoms with Gasteiger partial charge in [0.2, 0.25) is 0 Å². The summed E-state index contributed by atoms with van der Waals surface area (Å²) >= 11 is 0. The van der Waals surface area contributed by atoms with Crippen molar-refractivity contribution in [3.05, 3.63) is 85.1 Å². The molecule has 402 valence electrons. The van der Waals surface area contributed by atoms with Crippen LogP contribution in [0.1, 0.15) is 226 Å². The molecule has 0 bridgehead atoms. The first-order valence-corrected chi connectivity index (χ1v) is 28.2. The Hall–Kier alpha value is -3.53. The molecule has 0 aliphatic heterocycles. The van der Waals surface area contributed by atoms with Gasteiger partial charge in [-0.3, -0.25) is 9.59 Å². The highest BCUT2D eigenvalue weighted by atomic mass is 16.7. The quantitative estimate of drug-likeness (QED) is 0.0195. The standard InChI is InChI=1S/C61H105NO8/c1-6-8-10-12-14-16-18-20-21-22-23-24-25-26-27-28-29-30-31-32-33-34-35-36-37-38-39-40-42-44-46-48-50-52-59(64)70-57(56-69-61(60(65)66)67-54-53-62(3,4)5)55-68-58(63)51-49-47-45-43-41-19-17-15-13-11-9-7-2/h8,10,14-17,20-21,23-24,26-27,29-30,57,61H,6-7,9,11-13,18-19,22,25,28,31-56H2,1-5H3/b10-8-,16-14-,17-15-,21-20-,24-23-,27-26-,30-29-. The number of likely N-dealkylation sites (N-methyl/N-ethyl adjacent to an activating group) is 1. The van der Waals surface area contributed by atoms with Crippen LogP contribution in [0.25, 0.3) is 0 Å². The van der Waals surface area contributed by atoms with Crippen molar-refractivity contribution in [2.24, 2.45) is 0 Å². The smallest absolute Gasteiger partial charge is 0.306 e. The Morgan fingerprint density at radius 1 is 0.443 bits per heavy atom. The molecule has 0 aliphatic carbocycles. The van der Waals surface area contributed by atoms with Crippen LogP contribution in [-0.4, -0.2) is 82.3 Å². The van der Waals surface area contributed by atoms with E-state index in [-0.39, 0.29) is 38.6 Å². The Morgan fingerprint density at radius 3 is 1.23 bits per heavy atom.